The third-order valence-corrected chi connectivity index (χ3v) is 4.11. The number of aromatic hydroxyl groups is 1. The highest BCUT2D eigenvalue weighted by atomic mass is 32.1. The van der Waals surface area contributed by atoms with Gasteiger partial charge in [-0.05, 0) is 25.5 Å². The zero-order chi connectivity index (χ0) is 16.3. The Hall–Kier alpha value is -2.48. The van der Waals surface area contributed by atoms with Crippen molar-refractivity contribution in [2.75, 3.05) is 0 Å². The lowest BCUT2D eigenvalue weighted by Crippen LogP contribution is -2.28. The predicted molar refractivity (Wildman–Crippen MR) is 82.1 cm³/mol. The Bertz CT molecular complexity index is 714. The molecule has 2 N–H and O–H groups in total. The smallest absolute Gasteiger partial charge is 0.310 e. The molecule has 0 radical (unpaired) electrons. The molecule has 0 saturated heterocycles. The highest BCUT2D eigenvalue weighted by Crippen LogP contribution is 2.27. The second-order valence-corrected chi connectivity index (χ2v) is 5.97. The van der Waals surface area contributed by atoms with Crippen LogP contribution in [-0.4, -0.2) is 20.9 Å². The number of phenols is 1. The number of aryl methyl sites for hydroxylation is 1. The van der Waals surface area contributed by atoms with Crippen molar-refractivity contribution in [2.24, 2.45) is 0 Å². The van der Waals surface area contributed by atoms with Crippen molar-refractivity contribution in [3.8, 4) is 5.75 Å². The maximum atomic E-state index is 12.2. The molecule has 0 spiro atoms. The molecule has 8 heteroatoms. The molecule has 0 aliphatic heterocycles. The largest absolute Gasteiger partial charge is 0.502 e. The van der Waals surface area contributed by atoms with Gasteiger partial charge in [0, 0.05) is 22.7 Å². The number of thiazole rings is 1. The summed E-state index contributed by atoms with van der Waals surface area (Å²) in [6, 6.07) is 3.28. The van der Waals surface area contributed by atoms with Crippen molar-refractivity contribution in [1.29, 1.82) is 0 Å². The number of nitrogens with one attached hydrogen (secondary N) is 1. The average Bonchev–Trinajstić information content (AvgIpc) is 2.90. The molecule has 116 valence electrons. The van der Waals surface area contributed by atoms with E-state index in [1.54, 1.807) is 6.20 Å². The number of carbonyl (C=O) groups excluding carboxylic acids is 1. The Labute approximate surface area is 130 Å². The van der Waals surface area contributed by atoms with Gasteiger partial charge in [0.1, 0.15) is 5.01 Å². The van der Waals surface area contributed by atoms with Crippen LogP contribution in [0, 0.1) is 17.0 Å². The highest BCUT2D eigenvalue weighted by molar-refractivity contribution is 7.11. The Morgan fingerprint density at radius 3 is 2.77 bits per heavy atom. The normalized spacial score (nSPS) is 11.9. The van der Waals surface area contributed by atoms with Gasteiger partial charge in [-0.1, -0.05) is 6.92 Å². The minimum Gasteiger partial charge on any atom is -0.502 e. The van der Waals surface area contributed by atoms with Crippen LogP contribution in [-0.2, 0) is 0 Å². The summed E-state index contributed by atoms with van der Waals surface area (Å²) in [7, 11) is 0. The Kier molecular flexibility index (Phi) is 4.71. The van der Waals surface area contributed by atoms with Crippen molar-refractivity contribution >= 4 is 22.9 Å². The van der Waals surface area contributed by atoms with E-state index in [0.29, 0.717) is 6.42 Å². The van der Waals surface area contributed by atoms with Gasteiger partial charge < -0.3 is 10.4 Å². The van der Waals surface area contributed by atoms with Crippen LogP contribution in [0.2, 0.25) is 0 Å². The van der Waals surface area contributed by atoms with Gasteiger partial charge in [-0.2, -0.15) is 0 Å². The molecule has 1 atom stereocenters. The van der Waals surface area contributed by atoms with E-state index in [2.05, 4.69) is 10.3 Å². The van der Waals surface area contributed by atoms with Gasteiger partial charge >= 0.3 is 5.69 Å². The lowest BCUT2D eigenvalue weighted by molar-refractivity contribution is -0.385. The number of nitrogens with zero attached hydrogens (tertiary/aromatic N) is 2. The lowest BCUT2D eigenvalue weighted by atomic mass is 10.1. The van der Waals surface area contributed by atoms with Crippen molar-refractivity contribution < 1.29 is 14.8 Å². The molecule has 22 heavy (non-hydrogen) atoms. The van der Waals surface area contributed by atoms with Gasteiger partial charge in [0.25, 0.3) is 5.91 Å². The molecule has 0 saturated carbocycles. The molecule has 0 aliphatic rings. The lowest BCUT2D eigenvalue weighted by Gasteiger charge is -2.14. The highest BCUT2D eigenvalue weighted by Gasteiger charge is 2.20. The minimum atomic E-state index is -0.704. The number of aromatic nitrogens is 1. The third kappa shape index (κ3) is 3.40. The van der Waals surface area contributed by atoms with E-state index >= 15 is 0 Å². The van der Waals surface area contributed by atoms with Gasteiger partial charge in [-0.15, -0.1) is 11.3 Å². The monoisotopic (exact) mass is 321 g/mol. The van der Waals surface area contributed by atoms with Crippen LogP contribution in [0.3, 0.4) is 0 Å². The topological polar surface area (TPSA) is 105 Å². The summed E-state index contributed by atoms with van der Waals surface area (Å²) in [6.45, 7) is 3.86. The maximum absolute atomic E-state index is 12.2. The van der Waals surface area contributed by atoms with Crippen LogP contribution in [0.4, 0.5) is 5.69 Å². The summed E-state index contributed by atoms with van der Waals surface area (Å²) in [6.07, 6.45) is 2.41. The quantitative estimate of drug-likeness (QED) is 0.650. The second-order valence-electron chi connectivity index (χ2n) is 4.70. The van der Waals surface area contributed by atoms with Crippen LogP contribution in [0.25, 0.3) is 0 Å². The second kappa shape index (κ2) is 6.52. The molecule has 1 aromatic heterocycles. The van der Waals surface area contributed by atoms with E-state index in [0.717, 1.165) is 22.0 Å². The fourth-order valence-electron chi connectivity index (χ4n) is 1.93. The van der Waals surface area contributed by atoms with Gasteiger partial charge in [-0.25, -0.2) is 4.98 Å². The number of benzene rings is 1. The van der Waals surface area contributed by atoms with Gasteiger partial charge in [-0.3, -0.25) is 14.9 Å². The van der Waals surface area contributed by atoms with Crippen LogP contribution < -0.4 is 5.32 Å². The van der Waals surface area contributed by atoms with Gasteiger partial charge in [0.05, 0.1) is 11.0 Å². The minimum absolute atomic E-state index is 0.162. The number of hydrogen-bond donors (Lipinski definition) is 2. The molecule has 0 bridgehead atoms. The molecule has 7 nitrogen and oxygen atoms in total. The number of carbonyl (C=O) groups is 1. The molecule has 0 fully saturated rings. The number of phenolic OH excluding ortho intramolecular Hbond substituents is 1. The number of amides is 1. The van der Waals surface area contributed by atoms with E-state index in [-0.39, 0.29) is 11.6 Å². The van der Waals surface area contributed by atoms with Crippen LogP contribution in [0.15, 0.2) is 24.4 Å². The molecule has 0 unspecified atom stereocenters. The molecular weight excluding hydrogens is 306 g/mol. The van der Waals surface area contributed by atoms with E-state index in [4.69, 9.17) is 0 Å². The standard InChI is InChI=1S/C14H15N3O4S/c1-3-10(14-15-7-8(2)22-14)16-13(19)9-4-5-11(17(20)21)12(18)6-9/h4-7,10,18H,3H2,1-2H3,(H,16,19)/t10-/m1/s1. The number of hydrogen-bond acceptors (Lipinski definition) is 6. The van der Waals surface area contributed by atoms with Crippen molar-refractivity contribution in [2.45, 2.75) is 26.3 Å². The third-order valence-electron chi connectivity index (χ3n) is 3.09. The summed E-state index contributed by atoms with van der Waals surface area (Å²) in [4.78, 5) is 27.5. The first kappa shape index (κ1) is 15.9. The fraction of sp³-hybridized carbons (Fsp3) is 0.286. The summed E-state index contributed by atoms with van der Waals surface area (Å²) >= 11 is 1.50. The molecule has 1 heterocycles. The van der Waals surface area contributed by atoms with Crippen molar-refractivity contribution in [3.63, 3.8) is 0 Å². The Morgan fingerprint density at radius 2 is 2.27 bits per heavy atom. The van der Waals surface area contributed by atoms with E-state index in [9.17, 15) is 20.0 Å². The Balaban J connectivity index is 2.17. The molecule has 0 aliphatic carbocycles. The number of rotatable bonds is 5. The zero-order valence-corrected chi connectivity index (χ0v) is 12.9. The first-order valence-electron chi connectivity index (χ1n) is 6.63. The molecule has 1 amide bonds. The zero-order valence-electron chi connectivity index (χ0n) is 12.1. The molecular formula is C14H15N3O4S. The summed E-state index contributed by atoms with van der Waals surface area (Å²) in [5.41, 5.74) is -0.269. The maximum Gasteiger partial charge on any atom is 0.310 e. The Morgan fingerprint density at radius 1 is 1.55 bits per heavy atom. The molecule has 2 aromatic rings. The first-order chi connectivity index (χ1) is 10.4. The van der Waals surface area contributed by atoms with Crippen LogP contribution in [0.5, 0.6) is 5.75 Å². The van der Waals surface area contributed by atoms with Gasteiger partial charge in [0.2, 0.25) is 0 Å². The number of nitro benzene ring substituents is 1. The van der Waals surface area contributed by atoms with Crippen LogP contribution in [0.1, 0.15) is 39.6 Å². The van der Waals surface area contributed by atoms with Crippen molar-refractivity contribution in [3.05, 3.63) is 50.0 Å². The summed E-state index contributed by atoms with van der Waals surface area (Å²) < 4.78 is 0. The first-order valence-corrected chi connectivity index (χ1v) is 7.44. The van der Waals surface area contributed by atoms with E-state index in [1.165, 1.54) is 17.4 Å². The van der Waals surface area contributed by atoms with Crippen molar-refractivity contribution in [1.82, 2.24) is 10.3 Å². The summed E-state index contributed by atoms with van der Waals surface area (Å²) in [5, 5.41) is 23.9. The number of nitro groups is 1. The van der Waals surface area contributed by atoms with Gasteiger partial charge in [0.15, 0.2) is 5.75 Å². The van der Waals surface area contributed by atoms with E-state index in [1.807, 2.05) is 13.8 Å². The molecule has 2 rings (SSSR count). The molecule has 1 aromatic carbocycles. The van der Waals surface area contributed by atoms with Crippen LogP contribution >= 0.6 is 11.3 Å². The fourth-order valence-corrected chi connectivity index (χ4v) is 2.84. The SMILES string of the molecule is CC[C@@H](NC(=O)c1ccc([N+](=O)[O-])c(O)c1)c1ncc(C)s1. The van der Waals surface area contributed by atoms with E-state index < -0.39 is 22.3 Å². The average molecular weight is 321 g/mol. The summed E-state index contributed by atoms with van der Waals surface area (Å²) in [5.74, 6) is -0.944. The predicted octanol–water partition coefficient (Wildman–Crippen LogP) is 2.95.